The van der Waals surface area contributed by atoms with Crippen LogP contribution in [-0.4, -0.2) is 66.0 Å². The summed E-state index contributed by atoms with van der Waals surface area (Å²) in [4.78, 5) is 12.2. The van der Waals surface area contributed by atoms with Crippen molar-refractivity contribution in [3.05, 3.63) is 0 Å². The summed E-state index contributed by atoms with van der Waals surface area (Å²) in [6.07, 6.45) is -0.350. The van der Waals surface area contributed by atoms with Gasteiger partial charge in [0, 0.05) is 40.0 Å². The Balaban J connectivity index is 2.69. The Hall–Kier alpha value is -0.860. The average Bonchev–Trinajstić information content (AvgIpc) is 2.16. The van der Waals surface area contributed by atoms with E-state index in [0.29, 0.717) is 0 Å². The van der Waals surface area contributed by atoms with Crippen molar-refractivity contribution in [2.75, 3.05) is 27.2 Å². The maximum Gasteiger partial charge on any atom is 0.319 e. The second kappa shape index (κ2) is 4.19. The number of aliphatic hydroxyl groups is 1. The monoisotopic (exact) mass is 252 g/mol. The lowest BCUT2D eigenvalue weighted by Gasteiger charge is -2.36. The first-order chi connectivity index (χ1) is 7.17. The number of hydrogen-bond acceptors (Lipinski definition) is 4. The number of carbonyl (C=O) groups is 1. The summed E-state index contributed by atoms with van der Waals surface area (Å²) in [6.45, 7) is 0.209. The molecular weight excluding hydrogens is 236 g/mol. The molecule has 0 aromatic heterocycles. The van der Waals surface area contributed by atoms with Gasteiger partial charge in [-0.2, -0.15) is 8.42 Å². The molecule has 0 aliphatic carbocycles. The summed E-state index contributed by atoms with van der Waals surface area (Å²) < 4.78 is 30.7. The Morgan fingerprint density at radius 1 is 1.31 bits per heavy atom. The van der Waals surface area contributed by atoms with Crippen LogP contribution >= 0.6 is 0 Å². The normalized spacial score (nSPS) is 20.6. The molecule has 8 heteroatoms. The van der Waals surface area contributed by atoms with Gasteiger partial charge in [0.2, 0.25) is 0 Å². The quantitative estimate of drug-likeness (QED) is 0.604. The van der Waals surface area contributed by atoms with Crippen molar-refractivity contribution < 1.29 is 22.9 Å². The number of likely N-dealkylation sites (tertiary alicyclic amines) is 1. The maximum atomic E-state index is 11.5. The van der Waals surface area contributed by atoms with Crippen molar-refractivity contribution >= 4 is 16.1 Å². The molecule has 0 aromatic carbocycles. The summed E-state index contributed by atoms with van der Waals surface area (Å²) in [5.74, 6) is 0. The molecule has 94 valence electrons. The number of nitrogens with zero attached hydrogens (tertiary/aromatic N) is 2. The molecule has 1 saturated heterocycles. The molecule has 0 aromatic rings. The Bertz CT molecular complexity index is 370. The fourth-order valence-electron chi connectivity index (χ4n) is 1.59. The molecule has 1 heterocycles. The van der Waals surface area contributed by atoms with Gasteiger partial charge in [0.15, 0.2) is 4.93 Å². The minimum atomic E-state index is -4.49. The number of urea groups is 1. The molecule has 7 nitrogen and oxygen atoms in total. The van der Waals surface area contributed by atoms with E-state index in [4.69, 9.17) is 4.55 Å². The minimum Gasteiger partial charge on any atom is -0.372 e. The summed E-state index contributed by atoms with van der Waals surface area (Å²) in [5, 5.41) is 9.66. The van der Waals surface area contributed by atoms with Crippen molar-refractivity contribution in [1.29, 1.82) is 0 Å². The van der Waals surface area contributed by atoms with E-state index in [1.807, 2.05) is 0 Å². The van der Waals surface area contributed by atoms with Gasteiger partial charge >= 0.3 is 6.03 Å². The lowest BCUT2D eigenvalue weighted by Crippen LogP contribution is -2.52. The lowest BCUT2D eigenvalue weighted by molar-refractivity contribution is 0.0453. The van der Waals surface area contributed by atoms with E-state index in [0.717, 1.165) is 0 Å². The Labute approximate surface area is 94.4 Å². The molecule has 0 radical (unpaired) electrons. The highest BCUT2D eigenvalue weighted by Gasteiger charge is 2.44. The van der Waals surface area contributed by atoms with Crippen LogP contribution in [0.3, 0.4) is 0 Å². The molecule has 0 atom stereocenters. The third-order valence-electron chi connectivity index (χ3n) is 2.68. The van der Waals surface area contributed by atoms with Crippen LogP contribution in [0.15, 0.2) is 0 Å². The first-order valence-corrected chi connectivity index (χ1v) is 6.27. The van der Waals surface area contributed by atoms with Crippen molar-refractivity contribution in [2.24, 2.45) is 0 Å². The molecule has 0 bridgehead atoms. The zero-order valence-electron chi connectivity index (χ0n) is 9.25. The highest BCUT2D eigenvalue weighted by molar-refractivity contribution is 7.87. The molecule has 1 rings (SSSR count). The SMILES string of the molecule is CN(C)C(=O)N1CCC(O)(S(=O)(=O)O)CC1. The fraction of sp³-hybridized carbons (Fsp3) is 0.875. The van der Waals surface area contributed by atoms with Crippen LogP contribution in [0.1, 0.15) is 12.8 Å². The van der Waals surface area contributed by atoms with Crippen molar-refractivity contribution in [1.82, 2.24) is 9.80 Å². The average molecular weight is 252 g/mol. The Morgan fingerprint density at radius 2 is 1.75 bits per heavy atom. The van der Waals surface area contributed by atoms with E-state index in [1.54, 1.807) is 14.1 Å². The van der Waals surface area contributed by atoms with Crippen LogP contribution in [0.4, 0.5) is 4.79 Å². The van der Waals surface area contributed by atoms with Crippen LogP contribution in [0, 0.1) is 0 Å². The lowest BCUT2D eigenvalue weighted by atomic mass is 10.1. The summed E-state index contributed by atoms with van der Waals surface area (Å²) in [7, 11) is -1.31. The van der Waals surface area contributed by atoms with Crippen molar-refractivity contribution in [3.8, 4) is 0 Å². The number of piperidine rings is 1. The third kappa shape index (κ3) is 2.45. The van der Waals surface area contributed by atoms with Gasteiger partial charge in [-0.15, -0.1) is 0 Å². The smallest absolute Gasteiger partial charge is 0.319 e. The van der Waals surface area contributed by atoms with Crippen LogP contribution in [0.25, 0.3) is 0 Å². The number of amides is 2. The standard InChI is InChI=1S/C8H16N2O5S/c1-9(2)7(11)10-5-3-8(12,4-6-10)16(13,14)15/h12H,3-6H2,1-2H3,(H,13,14,15). The van der Waals surface area contributed by atoms with E-state index in [2.05, 4.69) is 0 Å². The van der Waals surface area contributed by atoms with E-state index < -0.39 is 15.1 Å². The molecule has 1 aliphatic rings. The molecule has 0 spiro atoms. The summed E-state index contributed by atoms with van der Waals surface area (Å²) in [5.41, 5.74) is 0. The molecule has 1 fully saturated rings. The predicted molar refractivity (Wildman–Crippen MR) is 56.4 cm³/mol. The van der Waals surface area contributed by atoms with Crippen molar-refractivity contribution in [2.45, 2.75) is 17.8 Å². The molecule has 1 aliphatic heterocycles. The summed E-state index contributed by atoms with van der Waals surface area (Å²) in [6, 6.07) is -0.239. The van der Waals surface area contributed by atoms with E-state index >= 15 is 0 Å². The van der Waals surface area contributed by atoms with E-state index in [-0.39, 0.29) is 32.0 Å². The van der Waals surface area contributed by atoms with Gasteiger partial charge in [0.1, 0.15) is 0 Å². The molecule has 2 amide bonds. The van der Waals surface area contributed by atoms with Gasteiger partial charge in [-0.3, -0.25) is 4.55 Å². The van der Waals surface area contributed by atoms with Gasteiger partial charge in [0.05, 0.1) is 0 Å². The van der Waals surface area contributed by atoms with Gasteiger partial charge in [-0.1, -0.05) is 0 Å². The number of rotatable bonds is 1. The first-order valence-electron chi connectivity index (χ1n) is 4.83. The van der Waals surface area contributed by atoms with Gasteiger partial charge in [0.25, 0.3) is 10.1 Å². The topological polar surface area (TPSA) is 98.2 Å². The highest BCUT2D eigenvalue weighted by atomic mass is 32.2. The second-order valence-electron chi connectivity index (χ2n) is 4.09. The molecule has 16 heavy (non-hydrogen) atoms. The largest absolute Gasteiger partial charge is 0.372 e. The zero-order chi connectivity index (χ0) is 12.6. The van der Waals surface area contributed by atoms with Crippen LogP contribution < -0.4 is 0 Å². The van der Waals surface area contributed by atoms with Gasteiger partial charge in [-0.25, -0.2) is 4.79 Å². The minimum absolute atomic E-state index is 0.104. The molecule has 2 N–H and O–H groups in total. The fourth-order valence-corrected chi connectivity index (χ4v) is 2.29. The number of hydrogen-bond donors (Lipinski definition) is 2. The molecule has 0 saturated carbocycles. The van der Waals surface area contributed by atoms with Crippen LogP contribution in [0.2, 0.25) is 0 Å². The van der Waals surface area contributed by atoms with Gasteiger partial charge < -0.3 is 14.9 Å². The summed E-state index contributed by atoms with van der Waals surface area (Å²) >= 11 is 0. The molecular formula is C8H16N2O5S. The predicted octanol–water partition coefficient (Wildman–Crippen LogP) is -0.660. The van der Waals surface area contributed by atoms with Crippen LogP contribution in [-0.2, 0) is 10.1 Å². The first kappa shape index (κ1) is 13.2. The van der Waals surface area contributed by atoms with Crippen molar-refractivity contribution in [3.63, 3.8) is 0 Å². The van der Waals surface area contributed by atoms with Gasteiger partial charge in [-0.05, 0) is 0 Å². The molecule has 0 unspecified atom stereocenters. The van der Waals surface area contributed by atoms with Crippen LogP contribution in [0.5, 0.6) is 0 Å². The Morgan fingerprint density at radius 3 is 2.06 bits per heavy atom. The number of carbonyl (C=O) groups excluding carboxylic acids is 1. The maximum absolute atomic E-state index is 11.5. The second-order valence-corrected chi connectivity index (χ2v) is 5.80. The zero-order valence-corrected chi connectivity index (χ0v) is 10.1. The van der Waals surface area contributed by atoms with E-state index in [1.165, 1.54) is 9.80 Å². The van der Waals surface area contributed by atoms with E-state index in [9.17, 15) is 18.3 Å². The highest BCUT2D eigenvalue weighted by Crippen LogP contribution is 2.27. The Kier molecular flexibility index (Phi) is 3.46. The third-order valence-corrected chi connectivity index (χ3v) is 4.05.